The van der Waals surface area contributed by atoms with E-state index in [1.807, 2.05) is 52.0 Å². The summed E-state index contributed by atoms with van der Waals surface area (Å²) in [5.41, 5.74) is 0.808. The van der Waals surface area contributed by atoms with Crippen LogP contribution in [-0.2, 0) is 9.59 Å². The predicted molar refractivity (Wildman–Crippen MR) is 92.0 cm³/mol. The molecule has 4 nitrogen and oxygen atoms in total. The van der Waals surface area contributed by atoms with Gasteiger partial charge in [-0.2, -0.15) is 0 Å². The van der Waals surface area contributed by atoms with Gasteiger partial charge in [-0.15, -0.1) is 11.8 Å². The molecule has 1 atom stereocenters. The second-order valence-electron chi connectivity index (χ2n) is 6.12. The van der Waals surface area contributed by atoms with Crippen molar-refractivity contribution in [1.82, 2.24) is 10.6 Å². The molecule has 0 bridgehead atoms. The summed E-state index contributed by atoms with van der Waals surface area (Å²) >= 11 is 1.54. The fourth-order valence-corrected chi connectivity index (χ4v) is 2.79. The zero-order chi connectivity index (χ0) is 16.8. The smallest absolute Gasteiger partial charge is 0.233 e. The number of aryl methyl sites for hydroxylation is 1. The second kappa shape index (κ2) is 8.22. The summed E-state index contributed by atoms with van der Waals surface area (Å²) in [6.45, 7) is 7.82. The van der Waals surface area contributed by atoms with Gasteiger partial charge in [0.15, 0.2) is 0 Å². The summed E-state index contributed by atoms with van der Waals surface area (Å²) in [6, 6.07) is 8.14. The first kappa shape index (κ1) is 18.6. The normalized spacial score (nSPS) is 12.6. The van der Waals surface area contributed by atoms with Gasteiger partial charge in [-0.3, -0.25) is 9.59 Å². The quantitative estimate of drug-likeness (QED) is 0.759. The number of hydrogen-bond acceptors (Lipinski definition) is 3. The van der Waals surface area contributed by atoms with Gasteiger partial charge in [0.2, 0.25) is 11.8 Å². The summed E-state index contributed by atoms with van der Waals surface area (Å²) in [5.74, 6) is -0.0168. The number of benzene rings is 1. The van der Waals surface area contributed by atoms with Gasteiger partial charge in [-0.05, 0) is 46.2 Å². The lowest BCUT2D eigenvalue weighted by Crippen LogP contribution is -2.47. The Hall–Kier alpha value is -1.49. The average molecular weight is 322 g/mol. The first-order chi connectivity index (χ1) is 10.2. The molecule has 0 heterocycles. The summed E-state index contributed by atoms with van der Waals surface area (Å²) in [7, 11) is 1.62. The van der Waals surface area contributed by atoms with E-state index in [0.29, 0.717) is 12.8 Å². The number of hydrogen-bond donors (Lipinski definition) is 2. The third kappa shape index (κ3) is 6.52. The van der Waals surface area contributed by atoms with E-state index in [-0.39, 0.29) is 17.1 Å². The van der Waals surface area contributed by atoms with Gasteiger partial charge in [-0.1, -0.05) is 17.7 Å². The molecule has 0 saturated carbocycles. The molecule has 0 aliphatic carbocycles. The molecule has 2 amide bonds. The molecule has 0 radical (unpaired) electrons. The van der Waals surface area contributed by atoms with E-state index in [1.54, 1.807) is 7.05 Å². The Labute approximate surface area is 137 Å². The maximum Gasteiger partial charge on any atom is 0.233 e. The van der Waals surface area contributed by atoms with Crippen LogP contribution in [0.3, 0.4) is 0 Å². The molecule has 0 aromatic heterocycles. The first-order valence-corrected chi connectivity index (χ1v) is 8.37. The van der Waals surface area contributed by atoms with Crippen LogP contribution in [0, 0.1) is 6.92 Å². The van der Waals surface area contributed by atoms with Gasteiger partial charge in [-0.25, -0.2) is 0 Å². The molecule has 122 valence electrons. The molecule has 1 rings (SSSR count). The fourth-order valence-electron chi connectivity index (χ4n) is 1.92. The van der Waals surface area contributed by atoms with E-state index >= 15 is 0 Å². The molecule has 22 heavy (non-hydrogen) atoms. The average Bonchev–Trinajstić information content (AvgIpc) is 2.46. The van der Waals surface area contributed by atoms with Gasteiger partial charge in [0.05, 0.1) is 5.25 Å². The molecule has 1 aromatic carbocycles. The Kier molecular flexibility index (Phi) is 6.94. The number of carbonyl (C=O) groups excluding carboxylic acids is 2. The summed E-state index contributed by atoms with van der Waals surface area (Å²) in [5, 5.41) is 5.44. The van der Waals surface area contributed by atoms with Crippen molar-refractivity contribution in [2.45, 2.75) is 56.2 Å². The first-order valence-electron chi connectivity index (χ1n) is 7.49. The van der Waals surface area contributed by atoms with Crippen molar-refractivity contribution in [3.05, 3.63) is 29.8 Å². The van der Waals surface area contributed by atoms with Crippen LogP contribution in [0.2, 0.25) is 0 Å². The van der Waals surface area contributed by atoms with E-state index in [4.69, 9.17) is 0 Å². The van der Waals surface area contributed by atoms with Crippen molar-refractivity contribution < 1.29 is 9.59 Å². The van der Waals surface area contributed by atoms with Crippen molar-refractivity contribution >= 4 is 23.6 Å². The molecule has 0 saturated heterocycles. The van der Waals surface area contributed by atoms with E-state index < -0.39 is 5.54 Å². The van der Waals surface area contributed by atoms with Crippen LogP contribution in [0.5, 0.6) is 0 Å². The highest BCUT2D eigenvalue weighted by Gasteiger charge is 2.24. The fraction of sp³-hybridized carbons (Fsp3) is 0.529. The topological polar surface area (TPSA) is 58.2 Å². The number of amides is 2. The largest absolute Gasteiger partial charge is 0.359 e. The third-order valence-corrected chi connectivity index (χ3v) is 4.53. The molecular weight excluding hydrogens is 296 g/mol. The minimum atomic E-state index is -0.397. The molecule has 0 aliphatic heterocycles. The zero-order valence-electron chi connectivity index (χ0n) is 14.0. The number of thioether (sulfide) groups is 1. The van der Waals surface area contributed by atoms with Crippen molar-refractivity contribution in [1.29, 1.82) is 0 Å². The van der Waals surface area contributed by atoms with Gasteiger partial charge in [0.1, 0.15) is 0 Å². The Morgan fingerprint density at radius 2 is 1.82 bits per heavy atom. The van der Waals surface area contributed by atoms with E-state index in [2.05, 4.69) is 10.6 Å². The monoisotopic (exact) mass is 322 g/mol. The number of carbonyl (C=O) groups is 2. The van der Waals surface area contributed by atoms with Gasteiger partial charge in [0.25, 0.3) is 0 Å². The highest BCUT2D eigenvalue weighted by atomic mass is 32.2. The zero-order valence-corrected chi connectivity index (χ0v) is 14.8. The predicted octanol–water partition coefficient (Wildman–Crippen LogP) is 2.90. The lowest BCUT2D eigenvalue weighted by atomic mass is 9.98. The lowest BCUT2D eigenvalue weighted by Gasteiger charge is -2.27. The maximum absolute atomic E-state index is 12.3. The van der Waals surface area contributed by atoms with Crippen molar-refractivity contribution in [2.75, 3.05) is 7.05 Å². The minimum absolute atomic E-state index is 0.00696. The van der Waals surface area contributed by atoms with Crippen LogP contribution in [0.1, 0.15) is 39.2 Å². The van der Waals surface area contributed by atoms with E-state index in [0.717, 1.165) is 4.90 Å². The van der Waals surface area contributed by atoms with Crippen molar-refractivity contribution in [2.24, 2.45) is 0 Å². The SMILES string of the molecule is CNC(=O)CCC(C)(C)NC(=O)C(C)Sc1ccc(C)cc1. The Morgan fingerprint density at radius 3 is 2.36 bits per heavy atom. The van der Waals surface area contributed by atoms with Crippen molar-refractivity contribution in [3.63, 3.8) is 0 Å². The van der Waals surface area contributed by atoms with Crippen LogP contribution >= 0.6 is 11.8 Å². The summed E-state index contributed by atoms with van der Waals surface area (Å²) < 4.78 is 0. The molecular formula is C17H26N2O2S. The molecule has 1 unspecified atom stereocenters. The molecule has 1 aromatic rings. The summed E-state index contributed by atoms with van der Waals surface area (Å²) in [6.07, 6.45) is 1.02. The Morgan fingerprint density at radius 1 is 1.23 bits per heavy atom. The van der Waals surface area contributed by atoms with Crippen LogP contribution in [0.4, 0.5) is 0 Å². The van der Waals surface area contributed by atoms with E-state index in [9.17, 15) is 9.59 Å². The van der Waals surface area contributed by atoms with Crippen LogP contribution in [0.25, 0.3) is 0 Å². The standard InChI is InChI=1S/C17H26N2O2S/c1-12-6-8-14(9-7-12)22-13(2)16(21)19-17(3,4)11-10-15(20)18-5/h6-9,13H,10-11H2,1-5H3,(H,18,20)(H,19,21). The molecule has 0 fully saturated rings. The van der Waals surface area contributed by atoms with Crippen LogP contribution in [0.15, 0.2) is 29.2 Å². The minimum Gasteiger partial charge on any atom is -0.359 e. The Bertz CT molecular complexity index is 512. The van der Waals surface area contributed by atoms with Gasteiger partial charge < -0.3 is 10.6 Å². The summed E-state index contributed by atoms with van der Waals surface area (Å²) in [4.78, 5) is 24.7. The molecule has 0 spiro atoms. The third-order valence-electron chi connectivity index (χ3n) is 3.42. The molecule has 5 heteroatoms. The van der Waals surface area contributed by atoms with Crippen LogP contribution < -0.4 is 10.6 Å². The highest BCUT2D eigenvalue weighted by molar-refractivity contribution is 8.00. The van der Waals surface area contributed by atoms with Crippen molar-refractivity contribution in [3.8, 4) is 0 Å². The Balaban J connectivity index is 2.52. The van der Waals surface area contributed by atoms with E-state index in [1.165, 1.54) is 17.3 Å². The number of nitrogens with one attached hydrogen (secondary N) is 2. The van der Waals surface area contributed by atoms with Gasteiger partial charge >= 0.3 is 0 Å². The highest BCUT2D eigenvalue weighted by Crippen LogP contribution is 2.24. The van der Waals surface area contributed by atoms with Gasteiger partial charge in [0, 0.05) is 23.9 Å². The van der Waals surface area contributed by atoms with Crippen LogP contribution in [-0.4, -0.2) is 29.7 Å². The molecule has 2 N–H and O–H groups in total. The molecule has 0 aliphatic rings. The lowest BCUT2D eigenvalue weighted by molar-refractivity contribution is -0.124. The number of rotatable bonds is 7. The second-order valence-corrected chi connectivity index (χ2v) is 7.53. The maximum atomic E-state index is 12.3.